The van der Waals surface area contributed by atoms with Crippen molar-refractivity contribution >= 4 is 54.0 Å². The Hall–Kier alpha value is -1.89. The van der Waals surface area contributed by atoms with Gasteiger partial charge in [0.25, 0.3) is 10.0 Å². The van der Waals surface area contributed by atoms with E-state index in [1.165, 1.54) is 21.2 Å². The summed E-state index contributed by atoms with van der Waals surface area (Å²) in [6, 6.07) is 9.57. The second kappa shape index (κ2) is 11.9. The van der Waals surface area contributed by atoms with Crippen molar-refractivity contribution in [2.24, 2.45) is 5.92 Å². The van der Waals surface area contributed by atoms with Gasteiger partial charge in [-0.05, 0) is 48.8 Å². The molecule has 0 aliphatic carbocycles. The number of thiazole rings is 1. The van der Waals surface area contributed by atoms with Gasteiger partial charge in [-0.25, -0.2) is 13.4 Å². The van der Waals surface area contributed by atoms with Crippen LogP contribution in [0.15, 0.2) is 39.9 Å². The smallest absolute Gasteiger partial charge is 0.252 e. The number of aromatic nitrogens is 1. The molecule has 0 radical (unpaired) electrons. The molecule has 0 saturated carbocycles. The highest BCUT2D eigenvalue weighted by molar-refractivity contribution is 7.91. The summed E-state index contributed by atoms with van der Waals surface area (Å²) in [7, 11) is -3.59. The van der Waals surface area contributed by atoms with Crippen molar-refractivity contribution in [3.8, 4) is 0 Å². The average Bonchev–Trinajstić information content (AvgIpc) is 3.62. The third-order valence-corrected chi connectivity index (χ3v) is 11.4. The molecule has 2 saturated heterocycles. The zero-order valence-electron chi connectivity index (χ0n) is 21.2. The summed E-state index contributed by atoms with van der Waals surface area (Å²) in [4.78, 5) is 23.1. The summed E-state index contributed by atoms with van der Waals surface area (Å²) in [6.07, 6.45) is 3.05. The van der Waals surface area contributed by atoms with Crippen molar-refractivity contribution in [3.63, 3.8) is 0 Å². The Kier molecular flexibility index (Phi) is 8.57. The highest BCUT2D eigenvalue weighted by Gasteiger charge is 2.36. The van der Waals surface area contributed by atoms with Gasteiger partial charge < -0.3 is 4.74 Å². The van der Waals surface area contributed by atoms with Crippen LogP contribution in [0.2, 0.25) is 0 Å². The van der Waals surface area contributed by atoms with Crippen molar-refractivity contribution in [3.05, 3.63) is 41.3 Å². The van der Waals surface area contributed by atoms with E-state index in [2.05, 4.69) is 24.0 Å². The lowest BCUT2D eigenvalue weighted by Gasteiger charge is -2.34. The number of thiophene rings is 1. The summed E-state index contributed by atoms with van der Waals surface area (Å²) in [5.74, 6) is -0.408. The zero-order chi connectivity index (χ0) is 25.8. The number of piperidine rings is 1. The van der Waals surface area contributed by atoms with Crippen molar-refractivity contribution < 1.29 is 17.9 Å². The lowest BCUT2D eigenvalue weighted by Crippen LogP contribution is -2.47. The third kappa shape index (κ3) is 5.91. The molecular formula is C26H34N4O4S3. The molecule has 0 spiro atoms. The number of carbonyl (C=O) groups is 1. The molecule has 1 amide bonds. The summed E-state index contributed by atoms with van der Waals surface area (Å²) >= 11 is 2.77. The molecular weight excluding hydrogens is 529 g/mol. The number of morpholine rings is 1. The molecule has 1 atom stereocenters. The number of fused-ring (bicyclic) bond motifs is 1. The van der Waals surface area contributed by atoms with E-state index < -0.39 is 10.0 Å². The molecule has 2 aromatic heterocycles. The topological polar surface area (TPSA) is 83.0 Å². The van der Waals surface area contributed by atoms with Gasteiger partial charge in [0.15, 0.2) is 5.13 Å². The molecule has 2 aliphatic heterocycles. The van der Waals surface area contributed by atoms with E-state index in [1.807, 2.05) is 11.0 Å². The largest absolute Gasteiger partial charge is 0.379 e. The fourth-order valence-corrected chi connectivity index (χ4v) is 8.81. The van der Waals surface area contributed by atoms with Gasteiger partial charge in [0.1, 0.15) is 4.21 Å². The number of ether oxygens (including phenoxy) is 1. The highest BCUT2D eigenvalue weighted by Crippen LogP contribution is 2.34. The predicted molar refractivity (Wildman–Crippen MR) is 149 cm³/mol. The molecule has 4 heterocycles. The SMILES string of the molecule is CCc1cccc2sc(N(CCCN3CCOCC3)C(=O)C3CCCN(S(=O)(=O)c4cccs4)C3)nc12. The summed E-state index contributed by atoms with van der Waals surface area (Å²) in [5.41, 5.74) is 2.13. The Labute approximate surface area is 226 Å². The van der Waals surface area contributed by atoms with E-state index in [0.717, 1.165) is 55.9 Å². The number of hydrogen-bond donors (Lipinski definition) is 0. The van der Waals surface area contributed by atoms with E-state index in [9.17, 15) is 13.2 Å². The molecule has 1 aromatic carbocycles. The van der Waals surface area contributed by atoms with Gasteiger partial charge in [-0.3, -0.25) is 14.6 Å². The number of para-hydroxylation sites is 1. The van der Waals surface area contributed by atoms with Crippen LogP contribution in [0.5, 0.6) is 0 Å². The zero-order valence-corrected chi connectivity index (χ0v) is 23.6. The van der Waals surface area contributed by atoms with Crippen LogP contribution < -0.4 is 4.90 Å². The number of benzene rings is 1. The number of aryl methyl sites for hydroxylation is 1. The molecule has 0 N–H and O–H groups in total. The molecule has 0 bridgehead atoms. The van der Waals surface area contributed by atoms with E-state index in [1.54, 1.807) is 28.8 Å². The Morgan fingerprint density at radius 3 is 2.78 bits per heavy atom. The first-order valence-corrected chi connectivity index (χ1v) is 16.1. The third-order valence-electron chi connectivity index (χ3n) is 7.15. The second-order valence-corrected chi connectivity index (χ2v) is 13.7. The minimum Gasteiger partial charge on any atom is -0.379 e. The van der Waals surface area contributed by atoms with Crippen molar-refractivity contribution in [2.75, 3.05) is 57.4 Å². The van der Waals surface area contributed by atoms with E-state index in [0.29, 0.717) is 35.3 Å². The van der Waals surface area contributed by atoms with Crippen LogP contribution in [0.4, 0.5) is 5.13 Å². The summed E-state index contributed by atoms with van der Waals surface area (Å²) < 4.78 is 34.7. The minimum absolute atomic E-state index is 0.0230. The van der Waals surface area contributed by atoms with Crippen molar-refractivity contribution in [2.45, 2.75) is 36.8 Å². The maximum Gasteiger partial charge on any atom is 0.252 e. The van der Waals surface area contributed by atoms with E-state index in [-0.39, 0.29) is 18.4 Å². The predicted octanol–water partition coefficient (Wildman–Crippen LogP) is 4.08. The molecule has 1 unspecified atom stereocenters. The van der Waals surface area contributed by atoms with Crippen LogP contribution in [0.25, 0.3) is 10.2 Å². The van der Waals surface area contributed by atoms with Gasteiger partial charge in [0.05, 0.1) is 29.3 Å². The highest BCUT2D eigenvalue weighted by atomic mass is 32.2. The van der Waals surface area contributed by atoms with Crippen molar-refractivity contribution in [1.82, 2.24) is 14.2 Å². The Balaban J connectivity index is 1.37. The Bertz CT molecular complexity index is 1300. The standard InChI is InChI=1S/C26H34N4O4S3/c1-2-20-7-3-9-22-24(20)27-26(36-22)30(13-6-11-28-14-16-34-17-15-28)25(31)21-8-4-12-29(19-21)37(32,33)23-10-5-18-35-23/h3,5,7,9-10,18,21H,2,4,6,8,11-17,19H2,1H3. The number of sulfonamides is 1. The maximum absolute atomic E-state index is 14.0. The molecule has 5 rings (SSSR count). The average molecular weight is 563 g/mol. The molecule has 37 heavy (non-hydrogen) atoms. The van der Waals surface area contributed by atoms with Crippen LogP contribution in [0, 0.1) is 5.92 Å². The Morgan fingerprint density at radius 1 is 1.19 bits per heavy atom. The van der Waals surface area contributed by atoms with Crippen LogP contribution in [0.3, 0.4) is 0 Å². The minimum atomic E-state index is -3.59. The van der Waals surface area contributed by atoms with Gasteiger partial charge >= 0.3 is 0 Å². The first-order valence-electron chi connectivity index (χ1n) is 13.0. The second-order valence-electron chi connectivity index (χ2n) is 9.55. The monoisotopic (exact) mass is 562 g/mol. The lowest BCUT2D eigenvalue weighted by atomic mass is 9.98. The van der Waals surface area contributed by atoms with Gasteiger partial charge in [0, 0.05) is 39.3 Å². The number of rotatable bonds is 9. The normalized spacial score (nSPS) is 19.9. The molecule has 2 fully saturated rings. The van der Waals surface area contributed by atoms with Gasteiger partial charge in [0.2, 0.25) is 5.91 Å². The van der Waals surface area contributed by atoms with Crippen LogP contribution in [-0.2, 0) is 26.0 Å². The number of nitrogens with zero attached hydrogens (tertiary/aromatic N) is 4. The molecule has 200 valence electrons. The van der Waals surface area contributed by atoms with E-state index >= 15 is 0 Å². The first kappa shape index (κ1) is 26.7. The van der Waals surface area contributed by atoms with Crippen LogP contribution in [-0.4, -0.2) is 81.0 Å². The Morgan fingerprint density at radius 2 is 2.03 bits per heavy atom. The quantitative estimate of drug-likeness (QED) is 0.391. The van der Waals surface area contributed by atoms with E-state index in [4.69, 9.17) is 9.72 Å². The first-order chi connectivity index (χ1) is 18.0. The summed E-state index contributed by atoms with van der Waals surface area (Å²) in [5, 5.41) is 2.48. The number of carbonyl (C=O) groups excluding carboxylic acids is 1. The maximum atomic E-state index is 14.0. The fourth-order valence-electron chi connectivity index (χ4n) is 5.09. The number of hydrogen-bond acceptors (Lipinski definition) is 8. The van der Waals surface area contributed by atoms with Crippen LogP contribution in [0.1, 0.15) is 31.7 Å². The molecule has 8 nitrogen and oxygen atoms in total. The lowest BCUT2D eigenvalue weighted by molar-refractivity contribution is -0.123. The van der Waals surface area contributed by atoms with Gasteiger partial charge in [-0.15, -0.1) is 11.3 Å². The van der Waals surface area contributed by atoms with Crippen molar-refractivity contribution in [1.29, 1.82) is 0 Å². The summed E-state index contributed by atoms with van der Waals surface area (Å²) in [6.45, 7) is 7.54. The number of anilines is 1. The number of amides is 1. The molecule has 11 heteroatoms. The van der Waals surface area contributed by atoms with Gasteiger partial charge in [-0.2, -0.15) is 4.31 Å². The molecule has 3 aromatic rings. The molecule has 2 aliphatic rings. The van der Waals surface area contributed by atoms with Crippen LogP contribution >= 0.6 is 22.7 Å². The fraction of sp³-hybridized carbons (Fsp3) is 0.538. The van der Waals surface area contributed by atoms with Gasteiger partial charge in [-0.1, -0.05) is 36.5 Å².